The smallest absolute Gasteiger partial charge is 0.315 e. The van der Waals surface area contributed by atoms with Crippen LogP contribution in [0.4, 0.5) is 5.69 Å². The fraction of sp³-hybridized carbons (Fsp3) is 0.300. The van der Waals surface area contributed by atoms with Crippen molar-refractivity contribution in [3.05, 3.63) is 18.2 Å². The van der Waals surface area contributed by atoms with Crippen LogP contribution in [0.2, 0.25) is 0 Å². The predicted octanol–water partition coefficient (Wildman–Crippen LogP) is 1.54. The van der Waals surface area contributed by atoms with Gasteiger partial charge in [0, 0.05) is 4.90 Å². The fourth-order valence-corrected chi connectivity index (χ4v) is 1.74. The summed E-state index contributed by atoms with van der Waals surface area (Å²) in [6, 6.07) is 5.38. The third-order valence-corrected chi connectivity index (χ3v) is 2.76. The molecule has 0 saturated heterocycles. The van der Waals surface area contributed by atoms with Crippen LogP contribution in [0.15, 0.2) is 23.1 Å². The van der Waals surface area contributed by atoms with E-state index in [1.54, 1.807) is 19.2 Å². The van der Waals surface area contributed by atoms with E-state index in [0.29, 0.717) is 11.4 Å². The van der Waals surface area contributed by atoms with E-state index >= 15 is 0 Å². The zero-order valence-corrected chi connectivity index (χ0v) is 9.47. The Morgan fingerprint density at radius 3 is 2.80 bits per heavy atom. The average Bonchev–Trinajstić information content (AvgIpc) is 2.27. The number of nitrogens with two attached hydrogens (primary N) is 1. The van der Waals surface area contributed by atoms with Gasteiger partial charge < -0.3 is 15.2 Å². The number of esters is 1. The van der Waals surface area contributed by atoms with E-state index in [1.165, 1.54) is 18.9 Å². The van der Waals surface area contributed by atoms with Gasteiger partial charge in [0.05, 0.1) is 25.7 Å². The zero-order valence-electron chi connectivity index (χ0n) is 8.65. The second-order valence-electron chi connectivity index (χ2n) is 2.77. The number of rotatable bonds is 4. The van der Waals surface area contributed by atoms with Gasteiger partial charge in [-0.05, 0) is 18.2 Å². The molecule has 0 aliphatic rings. The first-order valence-corrected chi connectivity index (χ1v) is 5.29. The summed E-state index contributed by atoms with van der Waals surface area (Å²) < 4.78 is 9.60. The SMILES string of the molecule is COC(=O)CSc1ccc(N)c(OC)c1. The molecule has 1 aromatic rings. The first kappa shape index (κ1) is 11.7. The molecule has 0 aliphatic heterocycles. The number of hydrogen-bond donors (Lipinski definition) is 1. The van der Waals surface area contributed by atoms with Crippen LogP contribution < -0.4 is 10.5 Å². The van der Waals surface area contributed by atoms with Crippen LogP contribution in [-0.2, 0) is 9.53 Å². The molecule has 0 amide bonds. The van der Waals surface area contributed by atoms with Crippen LogP contribution in [0, 0.1) is 0 Å². The summed E-state index contributed by atoms with van der Waals surface area (Å²) in [4.78, 5) is 11.8. The molecule has 5 heteroatoms. The van der Waals surface area contributed by atoms with Crippen molar-refractivity contribution in [2.24, 2.45) is 0 Å². The molecule has 0 spiro atoms. The number of carbonyl (C=O) groups is 1. The lowest BCUT2D eigenvalue weighted by Crippen LogP contribution is -2.02. The van der Waals surface area contributed by atoms with Gasteiger partial charge in [-0.25, -0.2) is 0 Å². The molecular formula is C10H13NO3S. The number of methoxy groups -OCH3 is 2. The van der Waals surface area contributed by atoms with Crippen molar-refractivity contribution < 1.29 is 14.3 Å². The minimum atomic E-state index is -0.254. The highest BCUT2D eigenvalue weighted by atomic mass is 32.2. The number of ether oxygens (including phenoxy) is 2. The van der Waals surface area contributed by atoms with E-state index in [4.69, 9.17) is 10.5 Å². The molecule has 4 nitrogen and oxygen atoms in total. The first-order chi connectivity index (χ1) is 7.17. The van der Waals surface area contributed by atoms with Gasteiger partial charge in [-0.1, -0.05) is 0 Å². The van der Waals surface area contributed by atoms with E-state index in [0.717, 1.165) is 4.90 Å². The van der Waals surface area contributed by atoms with Gasteiger partial charge in [-0.3, -0.25) is 4.79 Å². The lowest BCUT2D eigenvalue weighted by molar-refractivity contribution is -0.137. The van der Waals surface area contributed by atoms with Gasteiger partial charge in [0.1, 0.15) is 5.75 Å². The summed E-state index contributed by atoms with van der Waals surface area (Å²) in [6.45, 7) is 0. The number of anilines is 1. The van der Waals surface area contributed by atoms with Gasteiger partial charge >= 0.3 is 5.97 Å². The summed E-state index contributed by atoms with van der Waals surface area (Å²) in [6.07, 6.45) is 0. The van der Waals surface area contributed by atoms with Crippen molar-refractivity contribution in [1.82, 2.24) is 0 Å². The van der Waals surface area contributed by atoms with E-state index in [-0.39, 0.29) is 11.7 Å². The lowest BCUT2D eigenvalue weighted by Gasteiger charge is -2.06. The monoisotopic (exact) mass is 227 g/mol. The van der Waals surface area contributed by atoms with Gasteiger partial charge in [-0.15, -0.1) is 11.8 Å². The maximum Gasteiger partial charge on any atom is 0.315 e. The van der Waals surface area contributed by atoms with Crippen LogP contribution >= 0.6 is 11.8 Å². The van der Waals surface area contributed by atoms with Crippen molar-refractivity contribution in [2.75, 3.05) is 25.7 Å². The van der Waals surface area contributed by atoms with E-state index in [1.807, 2.05) is 6.07 Å². The molecule has 15 heavy (non-hydrogen) atoms. The van der Waals surface area contributed by atoms with Crippen LogP contribution in [0.5, 0.6) is 5.75 Å². The summed E-state index contributed by atoms with van der Waals surface area (Å²) in [5.41, 5.74) is 6.24. The molecule has 0 aromatic heterocycles. The molecule has 0 heterocycles. The average molecular weight is 227 g/mol. The molecule has 0 radical (unpaired) electrons. The highest BCUT2D eigenvalue weighted by Crippen LogP contribution is 2.28. The minimum absolute atomic E-state index is 0.254. The number of benzene rings is 1. The normalized spacial score (nSPS) is 9.73. The molecule has 0 bridgehead atoms. The standard InChI is InChI=1S/C10H13NO3S/c1-13-9-5-7(3-4-8(9)11)15-6-10(12)14-2/h3-5H,6,11H2,1-2H3. The van der Waals surface area contributed by atoms with Crippen molar-refractivity contribution in [3.8, 4) is 5.75 Å². The quantitative estimate of drug-likeness (QED) is 0.480. The number of hydrogen-bond acceptors (Lipinski definition) is 5. The largest absolute Gasteiger partial charge is 0.495 e. The molecule has 1 aromatic carbocycles. The minimum Gasteiger partial charge on any atom is -0.495 e. The molecule has 0 saturated carbocycles. The van der Waals surface area contributed by atoms with E-state index < -0.39 is 0 Å². The van der Waals surface area contributed by atoms with E-state index in [9.17, 15) is 4.79 Å². The number of carbonyl (C=O) groups excluding carboxylic acids is 1. The van der Waals surface area contributed by atoms with Crippen LogP contribution in [0.25, 0.3) is 0 Å². The molecule has 0 unspecified atom stereocenters. The summed E-state index contributed by atoms with van der Waals surface area (Å²) in [7, 11) is 2.92. The Morgan fingerprint density at radius 2 is 2.20 bits per heavy atom. The molecule has 0 atom stereocenters. The number of nitrogen functional groups attached to an aromatic ring is 1. The van der Waals surface area contributed by atoms with Crippen LogP contribution in [-0.4, -0.2) is 25.9 Å². The molecular weight excluding hydrogens is 214 g/mol. The highest BCUT2D eigenvalue weighted by molar-refractivity contribution is 8.00. The Morgan fingerprint density at radius 1 is 1.47 bits per heavy atom. The van der Waals surface area contributed by atoms with Gasteiger partial charge in [-0.2, -0.15) is 0 Å². The Labute approximate surface area is 92.7 Å². The third kappa shape index (κ3) is 3.36. The topological polar surface area (TPSA) is 61.5 Å². The van der Waals surface area contributed by atoms with E-state index in [2.05, 4.69) is 4.74 Å². The molecule has 0 aliphatic carbocycles. The lowest BCUT2D eigenvalue weighted by atomic mass is 10.3. The second kappa shape index (κ2) is 5.50. The molecule has 1 rings (SSSR count). The Kier molecular flexibility index (Phi) is 4.30. The Balaban J connectivity index is 2.66. The summed E-state index contributed by atoms with van der Waals surface area (Å²) in [5, 5.41) is 0. The maximum absolute atomic E-state index is 10.9. The molecule has 82 valence electrons. The number of thioether (sulfide) groups is 1. The highest BCUT2D eigenvalue weighted by Gasteiger charge is 2.04. The zero-order chi connectivity index (χ0) is 11.3. The van der Waals surface area contributed by atoms with Crippen molar-refractivity contribution in [2.45, 2.75) is 4.90 Å². The van der Waals surface area contributed by atoms with Crippen LogP contribution in [0.1, 0.15) is 0 Å². The van der Waals surface area contributed by atoms with Gasteiger partial charge in [0.25, 0.3) is 0 Å². The molecule has 2 N–H and O–H groups in total. The van der Waals surface area contributed by atoms with Gasteiger partial charge in [0.2, 0.25) is 0 Å². The second-order valence-corrected chi connectivity index (χ2v) is 3.82. The maximum atomic E-state index is 10.9. The molecule has 0 fully saturated rings. The van der Waals surface area contributed by atoms with Crippen molar-refractivity contribution >= 4 is 23.4 Å². The fourth-order valence-electron chi connectivity index (χ4n) is 0.982. The summed E-state index contributed by atoms with van der Waals surface area (Å²) in [5.74, 6) is 0.643. The van der Waals surface area contributed by atoms with Gasteiger partial charge in [0.15, 0.2) is 0 Å². The Bertz CT molecular complexity index is 355. The van der Waals surface area contributed by atoms with Crippen molar-refractivity contribution in [3.63, 3.8) is 0 Å². The Hall–Kier alpha value is -1.36. The summed E-state index contributed by atoms with van der Waals surface area (Å²) >= 11 is 1.38. The van der Waals surface area contributed by atoms with Crippen LogP contribution in [0.3, 0.4) is 0 Å². The van der Waals surface area contributed by atoms with Crippen molar-refractivity contribution in [1.29, 1.82) is 0 Å². The third-order valence-electron chi connectivity index (χ3n) is 1.79. The first-order valence-electron chi connectivity index (χ1n) is 4.30. The predicted molar refractivity (Wildman–Crippen MR) is 60.1 cm³/mol.